The van der Waals surface area contributed by atoms with Gasteiger partial charge < -0.3 is 25.4 Å². The van der Waals surface area contributed by atoms with Crippen LogP contribution in [0.3, 0.4) is 0 Å². The Labute approximate surface area is 315 Å². The smallest absolute Gasteiger partial charge is 0.311 e. The molecule has 8 nitrogen and oxygen atoms in total. The fourth-order valence-corrected chi connectivity index (χ4v) is 7.26. The van der Waals surface area contributed by atoms with E-state index in [1.165, 1.54) is 40.9 Å². The molecule has 53 heavy (non-hydrogen) atoms. The SMILES string of the molecule is Cc1c(COc2cc(OCc3cncc(C#N)c3)c(CC[C@@](C)(CO)C(=O)O)cc2Cl)cccc1-c1cccc(-c2ccc3c(c2)CCCC3N)c1C. The summed E-state index contributed by atoms with van der Waals surface area (Å²) >= 11 is 6.79. The van der Waals surface area contributed by atoms with Crippen molar-refractivity contribution in [3.63, 3.8) is 0 Å². The maximum absolute atomic E-state index is 11.9. The number of carboxylic acid groups (broad SMARTS) is 1. The fraction of sp³-hybridized carbons (Fsp3) is 0.295. The fourth-order valence-electron chi connectivity index (χ4n) is 7.02. The molecule has 272 valence electrons. The molecule has 0 bridgehead atoms. The summed E-state index contributed by atoms with van der Waals surface area (Å²) in [5.41, 5.74) is 17.4. The van der Waals surface area contributed by atoms with Crippen molar-refractivity contribution in [2.24, 2.45) is 11.1 Å². The number of carboxylic acids is 1. The van der Waals surface area contributed by atoms with Crippen molar-refractivity contribution in [2.75, 3.05) is 6.61 Å². The molecule has 0 saturated heterocycles. The summed E-state index contributed by atoms with van der Waals surface area (Å²) in [5, 5.41) is 29.2. The molecule has 1 aliphatic rings. The number of aliphatic hydroxyl groups is 1. The van der Waals surface area contributed by atoms with Crippen LogP contribution in [0.5, 0.6) is 11.5 Å². The van der Waals surface area contributed by atoms with Gasteiger partial charge in [0.2, 0.25) is 0 Å². The summed E-state index contributed by atoms with van der Waals surface area (Å²) in [6.45, 7) is 5.64. The zero-order valence-electron chi connectivity index (χ0n) is 30.3. The molecule has 0 aliphatic heterocycles. The lowest BCUT2D eigenvalue weighted by Gasteiger charge is -2.23. The van der Waals surface area contributed by atoms with Crippen molar-refractivity contribution >= 4 is 17.6 Å². The summed E-state index contributed by atoms with van der Waals surface area (Å²) in [6, 6.07) is 26.7. The zero-order valence-corrected chi connectivity index (χ0v) is 31.0. The quantitative estimate of drug-likeness (QED) is 0.109. The van der Waals surface area contributed by atoms with Gasteiger partial charge in [-0.15, -0.1) is 0 Å². The van der Waals surface area contributed by atoms with E-state index < -0.39 is 18.0 Å². The molecule has 6 rings (SSSR count). The number of pyridine rings is 1. The van der Waals surface area contributed by atoms with Crippen LogP contribution in [0.1, 0.15) is 76.7 Å². The van der Waals surface area contributed by atoms with Gasteiger partial charge in [-0.05, 0) is 121 Å². The minimum absolute atomic E-state index is 0.109. The third-order valence-electron chi connectivity index (χ3n) is 10.5. The molecular formula is C44H44ClN3O5. The lowest BCUT2D eigenvalue weighted by Crippen LogP contribution is -2.32. The Bertz CT molecular complexity index is 2200. The molecule has 4 aromatic carbocycles. The number of carbonyl (C=O) groups is 1. The first-order valence-electron chi connectivity index (χ1n) is 17.8. The number of halogens is 1. The summed E-state index contributed by atoms with van der Waals surface area (Å²) in [5.74, 6) is -0.219. The van der Waals surface area contributed by atoms with Gasteiger partial charge in [0, 0.05) is 30.1 Å². The molecular weight excluding hydrogens is 686 g/mol. The number of aliphatic hydroxyl groups excluding tert-OH is 1. The van der Waals surface area contributed by atoms with Gasteiger partial charge in [0.05, 0.1) is 22.6 Å². The van der Waals surface area contributed by atoms with Crippen LogP contribution in [0, 0.1) is 30.6 Å². The topological polar surface area (TPSA) is 139 Å². The second-order valence-electron chi connectivity index (χ2n) is 14.2. The molecule has 9 heteroatoms. The molecule has 0 radical (unpaired) electrons. The molecule has 0 spiro atoms. The zero-order chi connectivity index (χ0) is 37.7. The Morgan fingerprint density at radius 3 is 2.45 bits per heavy atom. The van der Waals surface area contributed by atoms with Crippen LogP contribution in [0.15, 0.2) is 85.2 Å². The highest BCUT2D eigenvalue weighted by molar-refractivity contribution is 6.32. The van der Waals surface area contributed by atoms with Crippen LogP contribution in [0.4, 0.5) is 0 Å². The van der Waals surface area contributed by atoms with E-state index in [0.717, 1.165) is 41.5 Å². The first-order valence-corrected chi connectivity index (χ1v) is 18.2. The maximum Gasteiger partial charge on any atom is 0.311 e. The predicted molar refractivity (Wildman–Crippen MR) is 207 cm³/mol. The van der Waals surface area contributed by atoms with E-state index in [1.807, 2.05) is 12.1 Å². The lowest BCUT2D eigenvalue weighted by molar-refractivity contribution is -0.150. The number of aryl methyl sites for hydroxylation is 2. The molecule has 1 heterocycles. The van der Waals surface area contributed by atoms with Gasteiger partial charge in [0.25, 0.3) is 0 Å². The van der Waals surface area contributed by atoms with Gasteiger partial charge in [0.15, 0.2) is 0 Å². The Morgan fingerprint density at radius 2 is 1.70 bits per heavy atom. The van der Waals surface area contributed by atoms with Crippen molar-refractivity contribution in [3.05, 3.63) is 135 Å². The largest absolute Gasteiger partial charge is 0.488 e. The summed E-state index contributed by atoms with van der Waals surface area (Å²) in [4.78, 5) is 16.0. The minimum atomic E-state index is -1.33. The molecule has 2 atom stereocenters. The van der Waals surface area contributed by atoms with E-state index in [-0.39, 0.29) is 32.1 Å². The number of rotatable bonds is 13. The van der Waals surface area contributed by atoms with E-state index in [2.05, 4.69) is 67.4 Å². The average Bonchev–Trinajstić information content (AvgIpc) is 3.16. The highest BCUT2D eigenvalue weighted by Gasteiger charge is 2.32. The number of nitrogens with two attached hydrogens (primary N) is 1. The number of hydrogen-bond donors (Lipinski definition) is 3. The van der Waals surface area contributed by atoms with Crippen LogP contribution in [0.25, 0.3) is 22.3 Å². The minimum Gasteiger partial charge on any atom is -0.488 e. The third-order valence-corrected chi connectivity index (χ3v) is 10.8. The first-order chi connectivity index (χ1) is 25.5. The number of fused-ring (bicyclic) bond motifs is 1. The normalized spacial score (nSPS) is 14.8. The third kappa shape index (κ3) is 8.23. The maximum atomic E-state index is 11.9. The van der Waals surface area contributed by atoms with E-state index in [0.29, 0.717) is 33.2 Å². The van der Waals surface area contributed by atoms with E-state index >= 15 is 0 Å². The molecule has 1 aliphatic carbocycles. The Hall–Kier alpha value is -5.20. The van der Waals surface area contributed by atoms with Crippen LogP contribution >= 0.6 is 11.6 Å². The van der Waals surface area contributed by atoms with Crippen molar-refractivity contribution < 1.29 is 24.5 Å². The number of nitriles is 1. The first kappa shape index (κ1) is 37.6. The number of aliphatic carboxylic acids is 1. The number of benzene rings is 4. The van der Waals surface area contributed by atoms with Crippen molar-refractivity contribution in [2.45, 2.75) is 72.1 Å². The summed E-state index contributed by atoms with van der Waals surface area (Å²) < 4.78 is 12.6. The number of hydrogen-bond acceptors (Lipinski definition) is 7. The van der Waals surface area contributed by atoms with E-state index in [4.69, 9.17) is 26.8 Å². The number of nitrogens with zero attached hydrogens (tertiary/aromatic N) is 2. The predicted octanol–water partition coefficient (Wildman–Crippen LogP) is 9.07. The molecule has 0 amide bonds. The van der Waals surface area contributed by atoms with Gasteiger partial charge in [-0.25, -0.2) is 0 Å². The summed E-state index contributed by atoms with van der Waals surface area (Å²) in [7, 11) is 0. The van der Waals surface area contributed by atoms with Crippen molar-refractivity contribution in [3.8, 4) is 39.8 Å². The second-order valence-corrected chi connectivity index (χ2v) is 14.6. The standard InChI is InChI=1S/C44H44ClN3O5/c1-27-34(8-4-10-36(27)37-11-6-9-35(28(37)2)32-13-14-38-31(18-32)7-5-12-40(38)47)25-53-42-20-41(52-24-30-17-29(21-46)22-48-23-30)33(19-39(42)45)15-16-44(3,26-49)43(50)51/h4,6,8-11,13-14,17-20,22-23,40,49H,5,7,12,15-16,24-26,47H2,1-3H3,(H,50,51)/t40?,44-/m0/s1. The second kappa shape index (κ2) is 16.2. The number of aromatic nitrogens is 1. The average molecular weight is 730 g/mol. The number of ether oxygens (including phenoxy) is 2. The van der Waals surface area contributed by atoms with Crippen LogP contribution in [-0.2, 0) is 30.8 Å². The van der Waals surface area contributed by atoms with Crippen molar-refractivity contribution in [1.29, 1.82) is 5.26 Å². The van der Waals surface area contributed by atoms with Crippen LogP contribution < -0.4 is 15.2 Å². The van der Waals surface area contributed by atoms with E-state index in [1.54, 1.807) is 24.4 Å². The van der Waals surface area contributed by atoms with Gasteiger partial charge in [-0.3, -0.25) is 9.78 Å². The molecule has 0 fully saturated rings. The highest BCUT2D eigenvalue weighted by Crippen LogP contribution is 2.39. The van der Waals surface area contributed by atoms with Gasteiger partial charge in [-0.2, -0.15) is 5.26 Å². The Morgan fingerprint density at radius 1 is 0.962 bits per heavy atom. The van der Waals surface area contributed by atoms with E-state index in [9.17, 15) is 20.3 Å². The van der Waals surface area contributed by atoms with Gasteiger partial charge in [-0.1, -0.05) is 66.2 Å². The van der Waals surface area contributed by atoms with Gasteiger partial charge >= 0.3 is 5.97 Å². The molecule has 1 aromatic heterocycles. The van der Waals surface area contributed by atoms with Crippen LogP contribution in [0.2, 0.25) is 5.02 Å². The Balaban J connectivity index is 1.26. The molecule has 0 saturated carbocycles. The molecule has 4 N–H and O–H groups in total. The van der Waals surface area contributed by atoms with Crippen molar-refractivity contribution in [1.82, 2.24) is 4.98 Å². The summed E-state index contributed by atoms with van der Waals surface area (Å²) in [6.07, 6.45) is 6.74. The monoisotopic (exact) mass is 729 g/mol. The van der Waals surface area contributed by atoms with Gasteiger partial charge in [0.1, 0.15) is 30.8 Å². The Kier molecular flexibility index (Phi) is 11.5. The lowest BCUT2D eigenvalue weighted by atomic mass is 9.84. The molecule has 5 aromatic rings. The highest BCUT2D eigenvalue weighted by atomic mass is 35.5. The molecule has 1 unspecified atom stereocenters. The van der Waals surface area contributed by atoms with Crippen LogP contribution in [-0.4, -0.2) is 27.8 Å².